The second-order valence-electron chi connectivity index (χ2n) is 1.44. The van der Waals surface area contributed by atoms with Gasteiger partial charge in [-0.2, -0.15) is 0 Å². The SMILES string of the molecule is CNC(=O)OP(=O)(OC)OC. The zero-order valence-electron chi connectivity index (χ0n) is 6.49. The first-order chi connectivity index (χ1) is 5.08. The molecule has 0 aliphatic rings. The number of hydrogen-bond acceptors (Lipinski definition) is 5. The lowest BCUT2D eigenvalue weighted by molar-refractivity contribution is 0.155. The van der Waals surface area contributed by atoms with E-state index in [-0.39, 0.29) is 0 Å². The molecular weight excluding hydrogens is 173 g/mol. The first-order valence-corrected chi connectivity index (χ1v) is 4.17. The van der Waals surface area contributed by atoms with Gasteiger partial charge in [-0.1, -0.05) is 0 Å². The van der Waals surface area contributed by atoms with Crippen LogP contribution < -0.4 is 5.32 Å². The first-order valence-electron chi connectivity index (χ1n) is 2.71. The molecule has 1 amide bonds. The lowest BCUT2D eigenvalue weighted by Gasteiger charge is -2.11. The molecule has 66 valence electrons. The van der Waals surface area contributed by atoms with Crippen LogP contribution in [0, 0.1) is 0 Å². The predicted molar refractivity (Wildman–Crippen MR) is 37.2 cm³/mol. The van der Waals surface area contributed by atoms with Gasteiger partial charge in [0.25, 0.3) is 0 Å². The van der Waals surface area contributed by atoms with E-state index in [1.54, 1.807) is 0 Å². The maximum absolute atomic E-state index is 11.0. The summed E-state index contributed by atoms with van der Waals surface area (Å²) in [5.74, 6) is 0. The Labute approximate surface area is 64.4 Å². The van der Waals surface area contributed by atoms with Gasteiger partial charge in [0.15, 0.2) is 0 Å². The Morgan fingerprint density at radius 1 is 1.36 bits per heavy atom. The van der Waals surface area contributed by atoms with E-state index >= 15 is 0 Å². The maximum atomic E-state index is 11.0. The van der Waals surface area contributed by atoms with Crippen molar-refractivity contribution in [1.29, 1.82) is 0 Å². The highest BCUT2D eigenvalue weighted by molar-refractivity contribution is 7.49. The fourth-order valence-corrected chi connectivity index (χ4v) is 0.889. The van der Waals surface area contributed by atoms with Crippen molar-refractivity contribution >= 4 is 13.9 Å². The molecule has 7 heteroatoms. The van der Waals surface area contributed by atoms with Crippen LogP contribution in [0.1, 0.15) is 0 Å². The normalized spacial score (nSPS) is 10.8. The molecule has 0 saturated carbocycles. The Bertz CT molecular complexity index is 173. The van der Waals surface area contributed by atoms with Gasteiger partial charge in [-0.05, 0) is 0 Å². The van der Waals surface area contributed by atoms with E-state index in [9.17, 15) is 9.36 Å². The number of phosphoric ester groups is 1. The third-order valence-corrected chi connectivity index (χ3v) is 2.13. The molecule has 0 aromatic heterocycles. The summed E-state index contributed by atoms with van der Waals surface area (Å²) in [6.45, 7) is 0. The van der Waals surface area contributed by atoms with Crippen LogP contribution >= 0.6 is 7.82 Å². The van der Waals surface area contributed by atoms with Crippen LogP contribution in [0.15, 0.2) is 0 Å². The van der Waals surface area contributed by atoms with E-state index in [2.05, 4.69) is 18.9 Å². The van der Waals surface area contributed by atoms with Crippen molar-refractivity contribution in [3.8, 4) is 0 Å². The summed E-state index contributed by atoms with van der Waals surface area (Å²) < 4.78 is 23.9. The fourth-order valence-electron chi connectivity index (χ4n) is 0.296. The third kappa shape index (κ3) is 3.36. The molecule has 6 nitrogen and oxygen atoms in total. The summed E-state index contributed by atoms with van der Waals surface area (Å²) in [4.78, 5) is 10.5. The number of hydrogen-bond donors (Lipinski definition) is 1. The Morgan fingerprint density at radius 3 is 2.09 bits per heavy atom. The highest BCUT2D eigenvalue weighted by atomic mass is 31.2. The molecular formula is C4H10NO5P. The number of nitrogens with one attached hydrogen (secondary N) is 1. The molecule has 0 aliphatic carbocycles. The van der Waals surface area contributed by atoms with E-state index in [0.717, 1.165) is 14.2 Å². The maximum Gasteiger partial charge on any atom is 0.532 e. The largest absolute Gasteiger partial charge is 0.532 e. The van der Waals surface area contributed by atoms with E-state index in [0.29, 0.717) is 0 Å². The molecule has 0 spiro atoms. The molecule has 0 aromatic rings. The summed E-state index contributed by atoms with van der Waals surface area (Å²) in [5, 5.41) is 2.10. The average Bonchev–Trinajstić information content (AvgIpc) is 2.04. The van der Waals surface area contributed by atoms with E-state index in [4.69, 9.17) is 0 Å². The van der Waals surface area contributed by atoms with Gasteiger partial charge in [-0.25, -0.2) is 9.36 Å². The van der Waals surface area contributed by atoms with Crippen LogP contribution in [0.5, 0.6) is 0 Å². The monoisotopic (exact) mass is 183 g/mol. The number of rotatable bonds is 3. The van der Waals surface area contributed by atoms with Gasteiger partial charge in [0.2, 0.25) is 0 Å². The van der Waals surface area contributed by atoms with Gasteiger partial charge in [-0.3, -0.25) is 9.05 Å². The Kier molecular flexibility index (Phi) is 4.10. The smallest absolute Gasteiger partial charge is 0.354 e. The lowest BCUT2D eigenvalue weighted by atomic mass is 11.1. The molecule has 0 bridgehead atoms. The molecule has 0 fully saturated rings. The van der Waals surface area contributed by atoms with E-state index < -0.39 is 13.9 Å². The van der Waals surface area contributed by atoms with Gasteiger partial charge in [0, 0.05) is 21.3 Å². The minimum atomic E-state index is -3.67. The Hall–Kier alpha value is -0.580. The summed E-state index contributed by atoms with van der Waals surface area (Å²) in [5.41, 5.74) is 0. The zero-order chi connectivity index (χ0) is 8.91. The number of phosphoric acid groups is 1. The molecule has 0 atom stereocenters. The van der Waals surface area contributed by atoms with Crippen LogP contribution in [-0.4, -0.2) is 27.4 Å². The minimum absolute atomic E-state index is 0.864. The minimum Gasteiger partial charge on any atom is -0.354 e. The summed E-state index contributed by atoms with van der Waals surface area (Å²) >= 11 is 0. The van der Waals surface area contributed by atoms with Crippen LogP contribution in [0.25, 0.3) is 0 Å². The summed E-state index contributed by atoms with van der Waals surface area (Å²) in [7, 11) is -0.0979. The second kappa shape index (κ2) is 4.33. The van der Waals surface area contributed by atoms with Gasteiger partial charge in [-0.15, -0.1) is 0 Å². The molecule has 0 unspecified atom stereocenters. The van der Waals surface area contributed by atoms with Crippen LogP contribution in [0.3, 0.4) is 0 Å². The molecule has 0 aliphatic heterocycles. The third-order valence-electron chi connectivity index (χ3n) is 0.846. The first kappa shape index (κ1) is 10.4. The van der Waals surface area contributed by atoms with E-state index in [1.807, 2.05) is 0 Å². The Morgan fingerprint density at radius 2 is 1.82 bits per heavy atom. The summed E-state index contributed by atoms with van der Waals surface area (Å²) in [6, 6.07) is 0. The van der Waals surface area contributed by atoms with Crippen molar-refractivity contribution in [3.05, 3.63) is 0 Å². The highest BCUT2D eigenvalue weighted by Gasteiger charge is 2.26. The quantitative estimate of drug-likeness (QED) is 0.653. The topological polar surface area (TPSA) is 73.9 Å². The average molecular weight is 183 g/mol. The van der Waals surface area contributed by atoms with Crippen molar-refractivity contribution in [2.45, 2.75) is 0 Å². The molecule has 0 rings (SSSR count). The van der Waals surface area contributed by atoms with Crippen molar-refractivity contribution in [2.24, 2.45) is 0 Å². The van der Waals surface area contributed by atoms with E-state index in [1.165, 1.54) is 7.05 Å². The fraction of sp³-hybridized carbons (Fsp3) is 0.750. The molecule has 0 saturated heterocycles. The molecule has 0 radical (unpaired) electrons. The highest BCUT2D eigenvalue weighted by Crippen LogP contribution is 2.47. The van der Waals surface area contributed by atoms with Gasteiger partial charge >= 0.3 is 13.9 Å². The van der Waals surface area contributed by atoms with Gasteiger partial charge in [0.1, 0.15) is 0 Å². The number of amides is 1. The predicted octanol–water partition coefficient (Wildman–Crippen LogP) is 0.743. The second-order valence-corrected chi connectivity index (χ2v) is 3.25. The van der Waals surface area contributed by atoms with Crippen LogP contribution in [0.4, 0.5) is 4.79 Å². The van der Waals surface area contributed by atoms with Gasteiger partial charge < -0.3 is 9.84 Å². The Balaban J connectivity index is 4.09. The van der Waals surface area contributed by atoms with Crippen molar-refractivity contribution < 1.29 is 22.9 Å². The lowest BCUT2D eigenvalue weighted by Crippen LogP contribution is -2.18. The molecule has 11 heavy (non-hydrogen) atoms. The summed E-state index contributed by atoms with van der Waals surface area (Å²) in [6.07, 6.45) is -0.864. The standard InChI is InChI=1S/C4H10NO5P/c1-5-4(6)10-11(7,8-2)9-3/h1-3H3,(H,5,6). The number of carbonyl (C=O) groups is 1. The molecule has 0 aromatic carbocycles. The molecule has 0 heterocycles. The van der Waals surface area contributed by atoms with Crippen molar-refractivity contribution in [1.82, 2.24) is 5.32 Å². The van der Waals surface area contributed by atoms with Crippen LogP contribution in [-0.2, 0) is 18.1 Å². The van der Waals surface area contributed by atoms with Gasteiger partial charge in [0.05, 0.1) is 0 Å². The van der Waals surface area contributed by atoms with Crippen molar-refractivity contribution in [3.63, 3.8) is 0 Å². The number of carbonyl (C=O) groups excluding carboxylic acids is 1. The van der Waals surface area contributed by atoms with Crippen molar-refractivity contribution in [2.75, 3.05) is 21.3 Å². The van der Waals surface area contributed by atoms with Crippen LogP contribution in [0.2, 0.25) is 0 Å². The molecule has 1 N–H and O–H groups in total. The zero-order valence-corrected chi connectivity index (χ0v) is 7.38.